The smallest absolute Gasteiger partial charge is 0.235 e. The molecule has 0 radical (unpaired) electrons. The number of pyridine rings is 2. The molecule has 1 amide bonds. The van der Waals surface area contributed by atoms with Gasteiger partial charge in [-0.25, -0.2) is 4.98 Å². The number of aromatic nitrogens is 2. The van der Waals surface area contributed by atoms with Crippen molar-refractivity contribution in [3.05, 3.63) is 53.9 Å². The summed E-state index contributed by atoms with van der Waals surface area (Å²) in [6, 6.07) is 12.1. The summed E-state index contributed by atoms with van der Waals surface area (Å²) in [6.07, 6.45) is 4.45. The first-order valence-corrected chi connectivity index (χ1v) is 12.5. The number of carbonyl (C=O) groups excluding carboxylic acids is 1. The molecular formula is C25H29N5O3S. The molecular weight excluding hydrogens is 450 g/mol. The number of amides is 1. The number of methoxy groups -OCH3 is 1. The van der Waals surface area contributed by atoms with E-state index in [1.54, 1.807) is 7.11 Å². The van der Waals surface area contributed by atoms with Crippen LogP contribution in [0.1, 0.15) is 24.1 Å². The zero-order valence-electron chi connectivity index (χ0n) is 19.1. The Morgan fingerprint density at radius 1 is 1.29 bits per heavy atom. The normalized spacial score (nSPS) is 21.1. The van der Waals surface area contributed by atoms with Crippen LogP contribution in [0.3, 0.4) is 0 Å². The minimum atomic E-state index is -0.0961. The molecule has 34 heavy (non-hydrogen) atoms. The number of ether oxygens (including phenoxy) is 2. The van der Waals surface area contributed by atoms with Gasteiger partial charge in [0.2, 0.25) is 5.91 Å². The molecule has 2 aliphatic rings. The Balaban J connectivity index is 1.14. The molecule has 1 unspecified atom stereocenters. The second kappa shape index (κ2) is 10.3. The third-order valence-corrected chi connectivity index (χ3v) is 7.43. The van der Waals surface area contributed by atoms with Gasteiger partial charge in [0.15, 0.2) is 0 Å². The van der Waals surface area contributed by atoms with E-state index < -0.39 is 0 Å². The molecule has 178 valence electrons. The van der Waals surface area contributed by atoms with E-state index in [4.69, 9.17) is 15.2 Å². The number of rotatable bonds is 7. The summed E-state index contributed by atoms with van der Waals surface area (Å²) in [4.78, 5) is 21.7. The Labute approximate surface area is 203 Å². The number of thioether (sulfide) groups is 1. The lowest BCUT2D eigenvalue weighted by molar-refractivity contribution is -0.113. The number of nitrogens with two attached hydrogens (primary N) is 1. The van der Waals surface area contributed by atoms with Crippen molar-refractivity contribution < 1.29 is 14.3 Å². The van der Waals surface area contributed by atoms with Crippen molar-refractivity contribution in [3.63, 3.8) is 0 Å². The highest BCUT2D eigenvalue weighted by Crippen LogP contribution is 2.30. The topological polar surface area (TPSA) is 111 Å². The van der Waals surface area contributed by atoms with Crippen LogP contribution >= 0.6 is 11.8 Å². The van der Waals surface area contributed by atoms with Crippen molar-refractivity contribution >= 4 is 34.4 Å². The third-order valence-electron chi connectivity index (χ3n) is 6.39. The Kier molecular flexibility index (Phi) is 6.96. The fraction of sp³-hybridized carbons (Fsp3) is 0.400. The number of fused-ring (bicyclic) bond motifs is 2. The maximum absolute atomic E-state index is 11.6. The molecule has 3 aromatic rings. The third kappa shape index (κ3) is 5.17. The Morgan fingerprint density at radius 2 is 2.21 bits per heavy atom. The summed E-state index contributed by atoms with van der Waals surface area (Å²) in [6.45, 7) is 1.24. The zero-order chi connectivity index (χ0) is 23.5. The molecule has 9 heteroatoms. The molecule has 0 spiro atoms. The van der Waals surface area contributed by atoms with Crippen LogP contribution in [-0.2, 0) is 22.5 Å². The number of carbonyl (C=O) groups is 1. The van der Waals surface area contributed by atoms with E-state index >= 15 is 0 Å². The minimum absolute atomic E-state index is 0.00271. The van der Waals surface area contributed by atoms with Gasteiger partial charge in [-0.3, -0.25) is 9.78 Å². The standard InChI is InChI=1S/C25H29N5O3S/c1-32-18-4-5-21-19(11-18)15(8-9-27-21)10-20(26)22-6-2-17(13-33-22)28-12-16-3-7-23-25(29-16)30-24(31)14-34-23/h3-5,7-9,11,17,20,22,28H,2,6,10,12-14,26H2,1H3,(H,29,30,31)/t17-,20?,22+/m1/s1. The second-order valence-corrected chi connectivity index (χ2v) is 9.75. The number of anilines is 1. The Morgan fingerprint density at radius 3 is 3.03 bits per heavy atom. The number of nitrogens with zero attached hydrogens (tertiary/aromatic N) is 2. The van der Waals surface area contributed by atoms with Gasteiger partial charge in [0.05, 0.1) is 41.7 Å². The monoisotopic (exact) mass is 479 g/mol. The second-order valence-electron chi connectivity index (χ2n) is 8.73. The van der Waals surface area contributed by atoms with Gasteiger partial charge in [0.1, 0.15) is 11.6 Å². The predicted octanol–water partition coefficient (Wildman–Crippen LogP) is 2.89. The highest BCUT2D eigenvalue weighted by Gasteiger charge is 2.27. The molecule has 1 saturated heterocycles. The average Bonchev–Trinajstić information content (AvgIpc) is 2.87. The molecule has 3 atom stereocenters. The largest absolute Gasteiger partial charge is 0.497 e. The molecule has 0 saturated carbocycles. The maximum Gasteiger partial charge on any atom is 0.235 e. The van der Waals surface area contributed by atoms with Gasteiger partial charge >= 0.3 is 0 Å². The molecule has 4 N–H and O–H groups in total. The van der Waals surface area contributed by atoms with Crippen molar-refractivity contribution in [3.8, 4) is 5.75 Å². The van der Waals surface area contributed by atoms with Crippen LogP contribution in [0.5, 0.6) is 5.75 Å². The molecule has 0 aliphatic carbocycles. The summed E-state index contributed by atoms with van der Waals surface area (Å²) in [7, 11) is 1.67. The van der Waals surface area contributed by atoms with Gasteiger partial charge in [-0.1, -0.05) is 0 Å². The van der Waals surface area contributed by atoms with Crippen LogP contribution in [0.25, 0.3) is 10.9 Å². The van der Waals surface area contributed by atoms with E-state index in [1.807, 2.05) is 42.6 Å². The van der Waals surface area contributed by atoms with Crippen molar-refractivity contribution in [1.82, 2.24) is 15.3 Å². The molecule has 2 aliphatic heterocycles. The maximum atomic E-state index is 11.6. The van der Waals surface area contributed by atoms with Crippen LogP contribution in [-0.4, -0.2) is 53.5 Å². The van der Waals surface area contributed by atoms with E-state index in [0.717, 1.165) is 52.1 Å². The van der Waals surface area contributed by atoms with E-state index in [0.29, 0.717) is 24.7 Å². The summed E-state index contributed by atoms with van der Waals surface area (Å²) < 4.78 is 11.5. The van der Waals surface area contributed by atoms with Crippen molar-refractivity contribution in [2.75, 3.05) is 24.8 Å². The van der Waals surface area contributed by atoms with E-state index in [9.17, 15) is 4.79 Å². The summed E-state index contributed by atoms with van der Waals surface area (Å²) >= 11 is 1.52. The van der Waals surface area contributed by atoms with Gasteiger partial charge in [-0.05, 0) is 61.2 Å². The molecule has 1 fully saturated rings. The number of hydrogen-bond donors (Lipinski definition) is 3. The fourth-order valence-electron chi connectivity index (χ4n) is 4.49. The van der Waals surface area contributed by atoms with Crippen LogP contribution in [0, 0.1) is 0 Å². The lowest BCUT2D eigenvalue weighted by atomic mass is 9.94. The number of nitrogens with one attached hydrogen (secondary N) is 2. The van der Waals surface area contributed by atoms with Crippen molar-refractivity contribution in [2.45, 2.75) is 48.9 Å². The highest BCUT2D eigenvalue weighted by molar-refractivity contribution is 8.00. The molecule has 0 bridgehead atoms. The first-order valence-electron chi connectivity index (χ1n) is 11.5. The van der Waals surface area contributed by atoms with Crippen molar-refractivity contribution in [1.29, 1.82) is 0 Å². The van der Waals surface area contributed by atoms with E-state index in [2.05, 4.69) is 20.6 Å². The Bertz CT molecular complexity index is 1180. The zero-order valence-corrected chi connectivity index (χ0v) is 19.9. The summed E-state index contributed by atoms with van der Waals surface area (Å²) in [5.41, 5.74) is 9.58. The molecule has 2 aromatic heterocycles. The fourth-order valence-corrected chi connectivity index (χ4v) is 5.25. The van der Waals surface area contributed by atoms with Crippen LogP contribution in [0.2, 0.25) is 0 Å². The first-order chi connectivity index (χ1) is 16.6. The first kappa shape index (κ1) is 23.0. The van der Waals surface area contributed by atoms with Gasteiger partial charge in [-0.15, -0.1) is 11.8 Å². The Hall–Kier alpha value is -2.72. The molecule has 8 nitrogen and oxygen atoms in total. The lowest BCUT2D eigenvalue weighted by Crippen LogP contribution is -2.47. The average molecular weight is 480 g/mol. The van der Waals surface area contributed by atoms with Crippen LogP contribution in [0.4, 0.5) is 5.82 Å². The van der Waals surface area contributed by atoms with Gasteiger partial charge in [0.25, 0.3) is 0 Å². The SMILES string of the molecule is COc1ccc2nccc(CC(N)[C@@H]3CC[C@@H](NCc4ccc5c(n4)NC(=O)CS5)CO3)c2c1. The molecule has 1 aromatic carbocycles. The number of benzene rings is 1. The highest BCUT2D eigenvalue weighted by atomic mass is 32.2. The lowest BCUT2D eigenvalue weighted by Gasteiger charge is -2.33. The van der Waals surface area contributed by atoms with Gasteiger partial charge < -0.3 is 25.8 Å². The molecule has 4 heterocycles. The molecule has 5 rings (SSSR count). The predicted molar refractivity (Wildman–Crippen MR) is 133 cm³/mol. The quantitative estimate of drug-likeness (QED) is 0.474. The number of hydrogen-bond acceptors (Lipinski definition) is 8. The summed E-state index contributed by atoms with van der Waals surface area (Å²) in [5, 5.41) is 7.45. The van der Waals surface area contributed by atoms with Gasteiger partial charge in [0, 0.05) is 30.2 Å². The van der Waals surface area contributed by atoms with Crippen LogP contribution in [0.15, 0.2) is 47.5 Å². The van der Waals surface area contributed by atoms with Gasteiger partial charge in [-0.2, -0.15) is 0 Å². The van der Waals surface area contributed by atoms with E-state index in [-0.39, 0.29) is 24.1 Å². The minimum Gasteiger partial charge on any atom is -0.497 e. The van der Waals surface area contributed by atoms with Crippen LogP contribution < -0.4 is 21.1 Å². The van der Waals surface area contributed by atoms with Crippen molar-refractivity contribution in [2.24, 2.45) is 5.73 Å². The van der Waals surface area contributed by atoms with E-state index in [1.165, 1.54) is 11.8 Å². The summed E-state index contributed by atoms with van der Waals surface area (Å²) in [5.74, 6) is 1.91.